The Kier molecular flexibility index (Phi) is 7.31. The molecule has 0 bridgehead atoms. The van der Waals surface area contributed by atoms with Crippen LogP contribution in [0, 0.1) is 0 Å². The molecule has 36 valence electrons. The standard InChI is InChI=1S/C3H5NO.GeH4/c1-2-3(4)5;/h2H,1H2,(H2,4,5);1H4. The molecule has 2 N–H and O–H groups in total. The fourth-order valence-electron chi connectivity index (χ4n) is 0. The molecule has 0 aromatic carbocycles. The molecule has 3 heteroatoms. The Morgan fingerprint density at radius 1 is 1.83 bits per heavy atom. The molecule has 0 aromatic heterocycles. The molecule has 6 heavy (non-hydrogen) atoms. The minimum absolute atomic E-state index is 0. The predicted molar refractivity (Wildman–Crippen MR) is 30.7 cm³/mol. The summed E-state index contributed by atoms with van der Waals surface area (Å²) in [6.45, 7) is 3.09. The molecule has 0 unspecified atom stereocenters. The van der Waals surface area contributed by atoms with E-state index in [1.54, 1.807) is 0 Å². The maximum atomic E-state index is 9.47. The van der Waals surface area contributed by atoms with Gasteiger partial charge in [0.15, 0.2) is 0 Å². The van der Waals surface area contributed by atoms with E-state index < -0.39 is 5.91 Å². The Morgan fingerprint density at radius 2 is 2.00 bits per heavy atom. The molecule has 1 amide bonds. The maximum absolute atomic E-state index is 9.47. The Labute approximate surface area is 47.4 Å². The Balaban J connectivity index is 0. The van der Waals surface area contributed by atoms with Crippen molar-refractivity contribution < 1.29 is 4.79 Å². The number of hydrogen-bond donors (Lipinski definition) is 1. The van der Waals surface area contributed by atoms with Crippen molar-refractivity contribution in [3.63, 3.8) is 0 Å². The predicted octanol–water partition coefficient (Wildman–Crippen LogP) is -1.79. The quantitative estimate of drug-likeness (QED) is 0.346. The van der Waals surface area contributed by atoms with Crippen LogP contribution in [-0.2, 0) is 4.79 Å². The number of nitrogens with two attached hydrogens (primary N) is 1. The number of hydrogen-bond acceptors (Lipinski definition) is 1. The molecule has 0 aromatic rings. The summed E-state index contributed by atoms with van der Waals surface area (Å²) < 4.78 is 0. The van der Waals surface area contributed by atoms with Crippen molar-refractivity contribution in [1.82, 2.24) is 0 Å². The van der Waals surface area contributed by atoms with E-state index in [1.807, 2.05) is 0 Å². The van der Waals surface area contributed by atoms with E-state index >= 15 is 0 Å². The van der Waals surface area contributed by atoms with Gasteiger partial charge < -0.3 is 5.73 Å². The van der Waals surface area contributed by atoms with Gasteiger partial charge in [0.25, 0.3) is 0 Å². The molecule has 0 fully saturated rings. The van der Waals surface area contributed by atoms with Crippen molar-refractivity contribution in [2.45, 2.75) is 0 Å². The van der Waals surface area contributed by atoms with Gasteiger partial charge in [0.2, 0.25) is 5.91 Å². The number of primary amides is 1. The van der Waals surface area contributed by atoms with Gasteiger partial charge in [-0.15, -0.1) is 0 Å². The van der Waals surface area contributed by atoms with E-state index in [4.69, 9.17) is 0 Å². The van der Waals surface area contributed by atoms with Crippen LogP contribution in [0.4, 0.5) is 0 Å². The van der Waals surface area contributed by atoms with Gasteiger partial charge in [-0.3, -0.25) is 4.79 Å². The summed E-state index contributed by atoms with van der Waals surface area (Å²) in [5, 5.41) is 0. The molecule has 0 aliphatic heterocycles. The zero-order valence-electron chi connectivity index (χ0n) is 2.77. The molecular weight excluding hydrogens is 139 g/mol. The molecule has 0 rings (SSSR count). The van der Waals surface area contributed by atoms with E-state index in [9.17, 15) is 4.79 Å². The van der Waals surface area contributed by atoms with E-state index in [-0.39, 0.29) is 17.6 Å². The zero-order chi connectivity index (χ0) is 4.28. The van der Waals surface area contributed by atoms with Crippen LogP contribution in [0.3, 0.4) is 0 Å². The summed E-state index contributed by atoms with van der Waals surface area (Å²) in [6.07, 6.45) is 1.06. The average molecular weight is 148 g/mol. The van der Waals surface area contributed by atoms with Crippen molar-refractivity contribution in [3.8, 4) is 0 Å². The van der Waals surface area contributed by atoms with Gasteiger partial charge in [0, 0.05) is 0 Å². The third kappa shape index (κ3) is 9.26. The van der Waals surface area contributed by atoms with Crippen LogP contribution in [0.2, 0.25) is 0 Å². The number of carbonyl (C=O) groups is 1. The third-order valence-corrected chi connectivity index (χ3v) is 0.201. The van der Waals surface area contributed by atoms with Crippen molar-refractivity contribution in [2.24, 2.45) is 5.73 Å². The van der Waals surface area contributed by atoms with Crippen LogP contribution < -0.4 is 5.73 Å². The number of carbonyl (C=O) groups excluding carboxylic acids is 1. The molecule has 0 saturated carbocycles. The number of rotatable bonds is 1. The molecule has 0 saturated heterocycles. The second-order valence-electron chi connectivity index (χ2n) is 0.606. The topological polar surface area (TPSA) is 43.1 Å². The first-order chi connectivity index (χ1) is 2.27. The summed E-state index contributed by atoms with van der Waals surface area (Å²) >= 11 is 0. The van der Waals surface area contributed by atoms with E-state index in [0.29, 0.717) is 0 Å². The summed E-state index contributed by atoms with van der Waals surface area (Å²) in [7, 11) is 0. The second kappa shape index (κ2) is 4.75. The molecule has 0 spiro atoms. The van der Waals surface area contributed by atoms with Gasteiger partial charge in [-0.05, 0) is 6.08 Å². The Hall–Kier alpha value is -0.247. The van der Waals surface area contributed by atoms with Crippen molar-refractivity contribution in [2.75, 3.05) is 0 Å². The molecule has 0 heterocycles. The molecule has 0 radical (unpaired) electrons. The van der Waals surface area contributed by atoms with Crippen molar-refractivity contribution in [1.29, 1.82) is 0 Å². The van der Waals surface area contributed by atoms with E-state index in [2.05, 4.69) is 12.3 Å². The first-order valence-corrected chi connectivity index (χ1v) is 1.19. The molecule has 0 aliphatic carbocycles. The van der Waals surface area contributed by atoms with Gasteiger partial charge in [-0.25, -0.2) is 0 Å². The first kappa shape index (κ1) is 9.23. The second-order valence-corrected chi connectivity index (χ2v) is 0.606. The normalized spacial score (nSPS) is 5.33. The first-order valence-electron chi connectivity index (χ1n) is 1.19. The summed E-state index contributed by atoms with van der Waals surface area (Å²) in [6, 6.07) is 0. The fraction of sp³-hybridized carbons (Fsp3) is 0. The summed E-state index contributed by atoms with van der Waals surface area (Å²) in [4.78, 5) is 9.47. The third-order valence-electron chi connectivity index (χ3n) is 0.201. The van der Waals surface area contributed by atoms with Gasteiger partial charge in [0.1, 0.15) is 0 Å². The van der Waals surface area contributed by atoms with E-state index in [0.717, 1.165) is 6.08 Å². The van der Waals surface area contributed by atoms with Crippen molar-refractivity contribution in [3.05, 3.63) is 12.7 Å². The fourth-order valence-corrected chi connectivity index (χ4v) is 0. The summed E-state index contributed by atoms with van der Waals surface area (Å²) in [5.41, 5.74) is 4.53. The molecule has 0 aliphatic rings. The summed E-state index contributed by atoms with van der Waals surface area (Å²) in [5.74, 6) is -0.481. The van der Waals surface area contributed by atoms with Crippen LogP contribution in [0.15, 0.2) is 12.7 Å². The number of amides is 1. The Bertz CT molecular complexity index is 61.8. The van der Waals surface area contributed by atoms with Crippen LogP contribution >= 0.6 is 0 Å². The Morgan fingerprint density at radius 3 is 2.00 bits per heavy atom. The average Bonchev–Trinajstić information content (AvgIpc) is 1.38. The SMILES string of the molecule is C=CC(N)=O.[GeH4]. The monoisotopic (exact) mass is 149 g/mol. The van der Waals surface area contributed by atoms with Crippen LogP contribution in [-0.4, -0.2) is 23.5 Å². The zero-order valence-corrected chi connectivity index (χ0v) is 2.77. The molecule has 2 nitrogen and oxygen atoms in total. The van der Waals surface area contributed by atoms with Crippen LogP contribution in [0.25, 0.3) is 0 Å². The van der Waals surface area contributed by atoms with Gasteiger partial charge in [-0.1, -0.05) is 6.58 Å². The van der Waals surface area contributed by atoms with Gasteiger partial charge in [-0.2, -0.15) is 0 Å². The van der Waals surface area contributed by atoms with Crippen LogP contribution in [0.1, 0.15) is 0 Å². The minimum atomic E-state index is -0.481. The molecule has 0 atom stereocenters. The molecular formula is C3H9GeNO. The van der Waals surface area contributed by atoms with Crippen molar-refractivity contribution >= 4 is 23.5 Å². The van der Waals surface area contributed by atoms with Gasteiger partial charge in [0.05, 0.1) is 0 Å². The van der Waals surface area contributed by atoms with E-state index in [1.165, 1.54) is 0 Å². The van der Waals surface area contributed by atoms with Gasteiger partial charge >= 0.3 is 17.6 Å². The van der Waals surface area contributed by atoms with Crippen LogP contribution in [0.5, 0.6) is 0 Å².